The van der Waals surface area contributed by atoms with E-state index in [-0.39, 0.29) is 19.4 Å². The van der Waals surface area contributed by atoms with E-state index in [9.17, 15) is 14.4 Å². The Kier molecular flexibility index (Phi) is 6.25. The molecule has 2 amide bonds. The molecular formula is C13H18N2O6. The molecule has 0 bridgehead atoms. The third kappa shape index (κ3) is 5.55. The lowest BCUT2D eigenvalue weighted by atomic mass is 10.1. The fourth-order valence-corrected chi connectivity index (χ4v) is 1.61. The van der Waals surface area contributed by atoms with Gasteiger partial charge in [0.25, 0.3) is 0 Å². The number of carboxylic acids is 1. The lowest BCUT2D eigenvalue weighted by Crippen LogP contribution is -2.46. The number of furan rings is 1. The zero-order chi connectivity index (χ0) is 15.8. The second kappa shape index (κ2) is 7.93. The van der Waals surface area contributed by atoms with E-state index < -0.39 is 24.0 Å². The van der Waals surface area contributed by atoms with Crippen LogP contribution in [0.1, 0.15) is 18.4 Å². The van der Waals surface area contributed by atoms with Crippen LogP contribution >= 0.6 is 0 Å². The van der Waals surface area contributed by atoms with Crippen molar-refractivity contribution in [3.8, 4) is 0 Å². The van der Waals surface area contributed by atoms with Crippen molar-refractivity contribution in [2.24, 2.45) is 0 Å². The van der Waals surface area contributed by atoms with Gasteiger partial charge in [-0.3, -0.25) is 4.79 Å². The molecule has 0 aromatic carbocycles. The summed E-state index contributed by atoms with van der Waals surface area (Å²) in [5.74, 6) is -1.73. The van der Waals surface area contributed by atoms with E-state index in [1.807, 2.05) is 0 Å². The van der Waals surface area contributed by atoms with E-state index in [4.69, 9.17) is 9.52 Å². The highest BCUT2D eigenvalue weighted by atomic mass is 16.5. The van der Waals surface area contributed by atoms with Crippen LogP contribution in [-0.4, -0.2) is 48.2 Å². The Hall–Kier alpha value is -2.51. The Balaban J connectivity index is 2.51. The molecule has 0 aliphatic rings. The number of carbonyl (C=O) groups excluding carboxylic acids is 2. The molecule has 8 heteroatoms. The van der Waals surface area contributed by atoms with Crippen molar-refractivity contribution < 1.29 is 28.6 Å². The normalized spacial score (nSPS) is 11.5. The topological polar surface area (TPSA) is 109 Å². The number of nitrogens with zero attached hydrogens (tertiary/aromatic N) is 1. The highest BCUT2D eigenvalue weighted by molar-refractivity contribution is 5.83. The van der Waals surface area contributed by atoms with Crippen molar-refractivity contribution in [1.29, 1.82) is 0 Å². The third-order valence-electron chi connectivity index (χ3n) is 2.81. The summed E-state index contributed by atoms with van der Waals surface area (Å²) in [7, 11) is 2.75. The van der Waals surface area contributed by atoms with Gasteiger partial charge in [0.05, 0.1) is 26.2 Å². The molecule has 2 N–H and O–H groups in total. The lowest BCUT2D eigenvalue weighted by molar-refractivity contribution is -0.142. The van der Waals surface area contributed by atoms with Gasteiger partial charge >= 0.3 is 18.0 Å². The fraction of sp³-hybridized carbons (Fsp3) is 0.462. The quantitative estimate of drug-likeness (QED) is 0.721. The average molecular weight is 298 g/mol. The number of amides is 2. The van der Waals surface area contributed by atoms with Gasteiger partial charge in [0.2, 0.25) is 0 Å². The number of carbonyl (C=O) groups is 3. The van der Waals surface area contributed by atoms with Crippen LogP contribution in [-0.2, 0) is 20.9 Å². The molecule has 1 rings (SSSR count). The van der Waals surface area contributed by atoms with Gasteiger partial charge in [0.15, 0.2) is 0 Å². The van der Waals surface area contributed by atoms with E-state index >= 15 is 0 Å². The minimum absolute atomic E-state index is 0.0344. The molecule has 1 aromatic rings. The summed E-state index contributed by atoms with van der Waals surface area (Å²) in [6, 6.07) is 0.00673. The maximum atomic E-state index is 11.9. The predicted molar refractivity (Wildman–Crippen MR) is 71.4 cm³/mol. The van der Waals surface area contributed by atoms with E-state index in [0.29, 0.717) is 0 Å². The molecule has 0 aliphatic carbocycles. The maximum Gasteiger partial charge on any atom is 0.326 e. The van der Waals surface area contributed by atoms with Crippen LogP contribution in [0.3, 0.4) is 0 Å². The van der Waals surface area contributed by atoms with Crippen molar-refractivity contribution in [2.75, 3.05) is 14.2 Å². The summed E-state index contributed by atoms with van der Waals surface area (Å²) in [5, 5.41) is 11.4. The number of aliphatic carboxylic acids is 1. The monoisotopic (exact) mass is 298 g/mol. The van der Waals surface area contributed by atoms with Gasteiger partial charge in [-0.2, -0.15) is 0 Å². The van der Waals surface area contributed by atoms with E-state index in [1.54, 1.807) is 6.07 Å². The first-order valence-corrected chi connectivity index (χ1v) is 6.26. The molecule has 0 unspecified atom stereocenters. The number of methoxy groups -OCH3 is 1. The molecule has 1 heterocycles. The van der Waals surface area contributed by atoms with Gasteiger partial charge in [-0.15, -0.1) is 0 Å². The minimum atomic E-state index is -1.20. The molecule has 0 aliphatic heterocycles. The molecule has 0 fully saturated rings. The predicted octanol–water partition coefficient (Wildman–Crippen LogP) is 0.827. The SMILES string of the molecule is COC(=O)CC[C@H](NC(=O)N(C)Cc1ccoc1)C(=O)O. The largest absolute Gasteiger partial charge is 0.480 e. The van der Waals surface area contributed by atoms with E-state index in [1.165, 1.54) is 31.6 Å². The number of urea groups is 1. The molecule has 1 atom stereocenters. The summed E-state index contributed by atoms with van der Waals surface area (Å²) in [5.41, 5.74) is 0.786. The van der Waals surface area contributed by atoms with Crippen LogP contribution in [0, 0.1) is 0 Å². The van der Waals surface area contributed by atoms with Crippen LogP contribution in [0.2, 0.25) is 0 Å². The number of rotatable bonds is 7. The van der Waals surface area contributed by atoms with Crippen LogP contribution in [0.25, 0.3) is 0 Å². The standard InChI is InChI=1S/C13H18N2O6/c1-15(7-9-5-6-21-8-9)13(19)14-10(12(17)18)3-4-11(16)20-2/h5-6,8,10H,3-4,7H2,1-2H3,(H,14,19)(H,17,18)/t10-/m0/s1. The summed E-state index contributed by atoms with van der Waals surface area (Å²) >= 11 is 0. The van der Waals surface area contributed by atoms with Gasteiger partial charge in [-0.25, -0.2) is 9.59 Å². The van der Waals surface area contributed by atoms with Crippen LogP contribution in [0.4, 0.5) is 4.79 Å². The number of esters is 1. The van der Waals surface area contributed by atoms with Crippen LogP contribution < -0.4 is 5.32 Å². The Morgan fingerprint density at radius 2 is 2.19 bits per heavy atom. The molecule has 0 spiro atoms. The van der Waals surface area contributed by atoms with Crippen molar-refractivity contribution in [2.45, 2.75) is 25.4 Å². The maximum absolute atomic E-state index is 11.9. The van der Waals surface area contributed by atoms with E-state index in [2.05, 4.69) is 10.1 Å². The number of nitrogens with one attached hydrogen (secondary N) is 1. The van der Waals surface area contributed by atoms with Gasteiger partial charge in [0.1, 0.15) is 6.04 Å². The fourth-order valence-electron chi connectivity index (χ4n) is 1.61. The molecule has 116 valence electrons. The zero-order valence-corrected chi connectivity index (χ0v) is 11.9. The number of hydrogen-bond donors (Lipinski definition) is 2. The molecule has 1 aromatic heterocycles. The second-order valence-electron chi connectivity index (χ2n) is 4.44. The van der Waals surface area contributed by atoms with Crippen molar-refractivity contribution in [1.82, 2.24) is 10.2 Å². The molecule has 21 heavy (non-hydrogen) atoms. The van der Waals surface area contributed by atoms with Crippen LogP contribution in [0.5, 0.6) is 0 Å². The first kappa shape index (κ1) is 16.5. The minimum Gasteiger partial charge on any atom is -0.480 e. The highest BCUT2D eigenvalue weighted by Gasteiger charge is 2.22. The van der Waals surface area contributed by atoms with Crippen molar-refractivity contribution in [3.05, 3.63) is 24.2 Å². The lowest BCUT2D eigenvalue weighted by Gasteiger charge is -2.20. The zero-order valence-electron chi connectivity index (χ0n) is 11.9. The number of carboxylic acid groups (broad SMARTS) is 1. The van der Waals surface area contributed by atoms with Crippen LogP contribution in [0.15, 0.2) is 23.0 Å². The first-order valence-electron chi connectivity index (χ1n) is 6.26. The van der Waals surface area contributed by atoms with Gasteiger partial charge < -0.3 is 24.5 Å². The number of ether oxygens (including phenoxy) is 1. The summed E-state index contributed by atoms with van der Waals surface area (Å²) < 4.78 is 9.33. The highest BCUT2D eigenvalue weighted by Crippen LogP contribution is 2.05. The van der Waals surface area contributed by atoms with Crippen molar-refractivity contribution in [3.63, 3.8) is 0 Å². The first-order chi connectivity index (χ1) is 9.93. The molecular weight excluding hydrogens is 280 g/mol. The summed E-state index contributed by atoms with van der Waals surface area (Å²) in [6.45, 7) is 0.283. The van der Waals surface area contributed by atoms with Gasteiger partial charge in [0, 0.05) is 19.0 Å². The average Bonchev–Trinajstić information content (AvgIpc) is 2.95. The molecule has 0 saturated heterocycles. The van der Waals surface area contributed by atoms with Crippen molar-refractivity contribution >= 4 is 18.0 Å². The third-order valence-corrected chi connectivity index (χ3v) is 2.81. The number of hydrogen-bond acceptors (Lipinski definition) is 5. The Bertz CT molecular complexity index is 485. The molecule has 0 saturated carbocycles. The smallest absolute Gasteiger partial charge is 0.326 e. The molecule has 8 nitrogen and oxygen atoms in total. The van der Waals surface area contributed by atoms with Gasteiger partial charge in [-0.1, -0.05) is 0 Å². The Morgan fingerprint density at radius 1 is 1.48 bits per heavy atom. The molecule has 0 radical (unpaired) electrons. The van der Waals surface area contributed by atoms with E-state index in [0.717, 1.165) is 5.56 Å². The van der Waals surface area contributed by atoms with Gasteiger partial charge in [-0.05, 0) is 12.5 Å². The Morgan fingerprint density at radius 3 is 2.71 bits per heavy atom. The second-order valence-corrected chi connectivity index (χ2v) is 4.44. The summed E-state index contributed by atoms with van der Waals surface area (Å²) in [4.78, 5) is 35.3. The summed E-state index contributed by atoms with van der Waals surface area (Å²) in [6.07, 6.45) is 2.86. The Labute approximate surface area is 121 Å².